The number of nitrogens with zero attached hydrogens (tertiary/aromatic N) is 4. The first-order valence-corrected chi connectivity index (χ1v) is 9.89. The van der Waals surface area contributed by atoms with Crippen molar-refractivity contribution >= 4 is 28.8 Å². The average Bonchev–Trinajstić information content (AvgIpc) is 3.19. The average molecular weight is 405 g/mol. The minimum absolute atomic E-state index is 0.0194. The van der Waals surface area contributed by atoms with Crippen LogP contribution in [0.3, 0.4) is 0 Å². The van der Waals surface area contributed by atoms with Crippen LogP contribution in [-0.4, -0.2) is 43.7 Å². The summed E-state index contributed by atoms with van der Waals surface area (Å²) in [7, 11) is 1.93. The summed E-state index contributed by atoms with van der Waals surface area (Å²) >= 11 is 0. The summed E-state index contributed by atoms with van der Waals surface area (Å²) in [6.07, 6.45) is 2.88. The maximum absolute atomic E-state index is 12.7. The van der Waals surface area contributed by atoms with Gasteiger partial charge in [-0.3, -0.25) is 24.3 Å². The number of benzene rings is 1. The highest BCUT2D eigenvalue weighted by Crippen LogP contribution is 2.25. The summed E-state index contributed by atoms with van der Waals surface area (Å²) in [5.41, 5.74) is 2.47. The molecule has 3 amide bonds. The Labute approximate surface area is 173 Å². The Morgan fingerprint density at radius 3 is 2.53 bits per heavy atom. The second-order valence-electron chi connectivity index (χ2n) is 7.74. The number of amides is 3. The Morgan fingerprint density at radius 2 is 1.83 bits per heavy atom. The molecule has 0 spiro atoms. The predicted molar refractivity (Wildman–Crippen MR) is 111 cm³/mol. The first-order valence-electron chi connectivity index (χ1n) is 9.89. The van der Waals surface area contributed by atoms with Crippen molar-refractivity contribution in [1.29, 1.82) is 0 Å². The zero-order chi connectivity index (χ0) is 21.4. The van der Waals surface area contributed by atoms with Crippen LogP contribution in [0.2, 0.25) is 0 Å². The highest BCUT2D eigenvalue weighted by Gasteiger charge is 2.35. The fourth-order valence-electron chi connectivity index (χ4n) is 3.77. The maximum atomic E-state index is 12.7. The topological polar surface area (TPSA) is 97.2 Å². The van der Waals surface area contributed by atoms with Crippen molar-refractivity contribution in [3.8, 4) is 0 Å². The van der Waals surface area contributed by atoms with E-state index in [1.807, 2.05) is 49.7 Å². The molecule has 1 aliphatic rings. The lowest BCUT2D eigenvalue weighted by atomic mass is 10.0. The van der Waals surface area contributed by atoms with Gasteiger partial charge in [-0.05, 0) is 24.1 Å². The molecule has 0 saturated carbocycles. The smallest absolute Gasteiger partial charge is 0.263 e. The minimum atomic E-state index is -0.410. The van der Waals surface area contributed by atoms with Gasteiger partial charge in [-0.1, -0.05) is 26.0 Å². The van der Waals surface area contributed by atoms with Gasteiger partial charge in [0.1, 0.15) is 5.82 Å². The van der Waals surface area contributed by atoms with Crippen LogP contribution in [0.15, 0.2) is 42.7 Å². The van der Waals surface area contributed by atoms with Gasteiger partial charge in [-0.15, -0.1) is 0 Å². The van der Waals surface area contributed by atoms with Crippen LogP contribution in [0.5, 0.6) is 0 Å². The lowest BCUT2D eigenvalue weighted by Crippen LogP contribution is -2.37. The number of para-hydroxylation sites is 2. The number of pyridine rings is 1. The summed E-state index contributed by atoms with van der Waals surface area (Å²) in [4.78, 5) is 47.3. The quantitative estimate of drug-likeness (QED) is 0.636. The maximum Gasteiger partial charge on any atom is 0.263 e. The minimum Gasteiger partial charge on any atom is -0.346 e. The molecule has 8 heteroatoms. The predicted octanol–water partition coefficient (Wildman–Crippen LogP) is 2.47. The Hall–Kier alpha value is -3.55. The number of fused-ring (bicyclic) bond motifs is 2. The largest absolute Gasteiger partial charge is 0.346 e. The van der Waals surface area contributed by atoms with E-state index in [1.165, 1.54) is 18.5 Å². The number of carbonyl (C=O) groups is 3. The monoisotopic (exact) mass is 405 g/mol. The van der Waals surface area contributed by atoms with Gasteiger partial charge in [0, 0.05) is 32.4 Å². The first-order chi connectivity index (χ1) is 14.4. The van der Waals surface area contributed by atoms with Crippen LogP contribution >= 0.6 is 0 Å². The van der Waals surface area contributed by atoms with Crippen LogP contribution in [0, 0.1) is 5.92 Å². The van der Waals surface area contributed by atoms with E-state index in [2.05, 4.69) is 10.3 Å². The molecular weight excluding hydrogens is 382 g/mol. The van der Waals surface area contributed by atoms with Crippen LogP contribution < -0.4 is 5.32 Å². The molecule has 1 N–H and O–H groups in total. The highest BCUT2D eigenvalue weighted by atomic mass is 16.2. The van der Waals surface area contributed by atoms with Gasteiger partial charge in [0.15, 0.2) is 0 Å². The van der Waals surface area contributed by atoms with Crippen LogP contribution in [0.1, 0.15) is 52.9 Å². The molecular formula is C22H23N5O3. The van der Waals surface area contributed by atoms with Crippen molar-refractivity contribution in [2.75, 3.05) is 6.54 Å². The molecule has 3 heterocycles. The van der Waals surface area contributed by atoms with Gasteiger partial charge < -0.3 is 9.88 Å². The fourth-order valence-corrected chi connectivity index (χ4v) is 3.77. The van der Waals surface area contributed by atoms with Crippen LogP contribution in [-0.2, 0) is 11.8 Å². The molecule has 4 rings (SSSR count). The molecule has 0 saturated heterocycles. The second kappa shape index (κ2) is 7.70. The molecule has 1 atom stereocenters. The van der Waals surface area contributed by atoms with E-state index in [0.717, 1.165) is 21.8 Å². The molecule has 1 aliphatic heterocycles. The fraction of sp³-hybridized carbons (Fsp3) is 0.318. The first kappa shape index (κ1) is 19.8. The molecule has 154 valence electrons. The van der Waals surface area contributed by atoms with E-state index < -0.39 is 5.91 Å². The number of aryl methyl sites for hydroxylation is 1. The molecule has 0 bridgehead atoms. The number of rotatable bonds is 6. The number of imide groups is 1. The SMILES string of the molecule is CC(C)C(NC(=O)CCN1C(=O)c2ccncc2C1=O)c1nc2ccccc2n1C. The summed E-state index contributed by atoms with van der Waals surface area (Å²) in [5, 5.41) is 3.03. The zero-order valence-corrected chi connectivity index (χ0v) is 17.1. The Kier molecular flexibility index (Phi) is 5.07. The van der Waals surface area contributed by atoms with Crippen LogP contribution in [0.25, 0.3) is 11.0 Å². The van der Waals surface area contributed by atoms with Crippen molar-refractivity contribution in [3.05, 3.63) is 59.7 Å². The molecule has 8 nitrogen and oxygen atoms in total. The third-order valence-electron chi connectivity index (χ3n) is 5.42. The van der Waals surface area contributed by atoms with E-state index in [-0.39, 0.29) is 42.3 Å². The van der Waals surface area contributed by atoms with Crippen molar-refractivity contribution in [2.24, 2.45) is 13.0 Å². The van der Waals surface area contributed by atoms with Gasteiger partial charge in [-0.2, -0.15) is 0 Å². The van der Waals surface area contributed by atoms with E-state index in [1.54, 1.807) is 0 Å². The number of imidazole rings is 1. The molecule has 1 aromatic carbocycles. The van der Waals surface area contributed by atoms with Gasteiger partial charge in [0.05, 0.1) is 28.2 Å². The molecule has 3 aromatic rings. The molecule has 0 fully saturated rings. The zero-order valence-electron chi connectivity index (χ0n) is 17.1. The number of nitrogens with one attached hydrogen (secondary N) is 1. The lowest BCUT2D eigenvalue weighted by Gasteiger charge is -2.23. The van der Waals surface area contributed by atoms with Gasteiger partial charge in [-0.25, -0.2) is 4.98 Å². The van der Waals surface area contributed by atoms with Crippen LogP contribution in [0.4, 0.5) is 0 Å². The van der Waals surface area contributed by atoms with Crippen molar-refractivity contribution in [3.63, 3.8) is 0 Å². The Morgan fingerprint density at radius 1 is 1.10 bits per heavy atom. The lowest BCUT2D eigenvalue weighted by molar-refractivity contribution is -0.122. The van der Waals surface area contributed by atoms with E-state index in [9.17, 15) is 14.4 Å². The highest BCUT2D eigenvalue weighted by molar-refractivity contribution is 6.21. The summed E-state index contributed by atoms with van der Waals surface area (Å²) in [6.45, 7) is 4.05. The summed E-state index contributed by atoms with van der Waals surface area (Å²) in [6, 6.07) is 9.04. The number of aromatic nitrogens is 3. The molecule has 30 heavy (non-hydrogen) atoms. The van der Waals surface area contributed by atoms with Gasteiger partial charge >= 0.3 is 0 Å². The molecule has 0 aliphatic carbocycles. The second-order valence-corrected chi connectivity index (χ2v) is 7.74. The number of hydrogen-bond donors (Lipinski definition) is 1. The van der Waals surface area contributed by atoms with E-state index in [4.69, 9.17) is 4.98 Å². The molecule has 2 aromatic heterocycles. The van der Waals surface area contributed by atoms with Gasteiger partial charge in [0.2, 0.25) is 5.91 Å². The Balaban J connectivity index is 1.46. The van der Waals surface area contributed by atoms with Gasteiger partial charge in [0.25, 0.3) is 11.8 Å². The Bertz CT molecular complexity index is 1120. The van der Waals surface area contributed by atoms with Crippen molar-refractivity contribution < 1.29 is 14.4 Å². The standard InChI is InChI=1S/C22H23N5O3/c1-13(2)19(20-24-16-6-4-5-7-17(16)26(20)3)25-18(28)9-11-27-21(29)14-8-10-23-12-15(14)22(27)30/h4-8,10,12-13,19H,9,11H2,1-3H3,(H,25,28). The molecule has 1 unspecified atom stereocenters. The third-order valence-corrected chi connectivity index (χ3v) is 5.42. The van der Waals surface area contributed by atoms with E-state index >= 15 is 0 Å². The van der Waals surface area contributed by atoms with E-state index in [0.29, 0.717) is 5.56 Å². The normalized spacial score (nSPS) is 14.5. The van der Waals surface area contributed by atoms with Crippen molar-refractivity contribution in [2.45, 2.75) is 26.3 Å². The third kappa shape index (κ3) is 3.34. The van der Waals surface area contributed by atoms with Crippen molar-refractivity contribution in [1.82, 2.24) is 24.8 Å². The summed E-state index contributed by atoms with van der Waals surface area (Å²) in [5.74, 6) is -0.163. The number of carbonyl (C=O) groups excluding carboxylic acids is 3. The summed E-state index contributed by atoms with van der Waals surface area (Å²) < 4.78 is 1.98. The number of hydrogen-bond acceptors (Lipinski definition) is 5. The molecule has 0 radical (unpaired) electrons.